The van der Waals surface area contributed by atoms with Gasteiger partial charge in [-0.2, -0.15) is 5.10 Å². The number of aliphatic hydroxyl groups excluding tert-OH is 1. The van der Waals surface area contributed by atoms with Gasteiger partial charge in [-0.3, -0.25) is 0 Å². The van der Waals surface area contributed by atoms with E-state index in [9.17, 15) is 0 Å². The van der Waals surface area contributed by atoms with Gasteiger partial charge >= 0.3 is 0 Å². The Balaban J connectivity index is 2.22. The summed E-state index contributed by atoms with van der Waals surface area (Å²) in [5, 5.41) is 13.1. The Bertz CT molecular complexity index is 462. The summed E-state index contributed by atoms with van der Waals surface area (Å²) < 4.78 is 1.87. The summed E-state index contributed by atoms with van der Waals surface area (Å²) in [5.74, 6) is 0. The monoisotopic (exact) mass is 216 g/mol. The highest BCUT2D eigenvalue weighted by molar-refractivity contribution is 5.35. The van der Waals surface area contributed by atoms with E-state index in [0.717, 1.165) is 24.1 Å². The average Bonchev–Trinajstić information content (AvgIpc) is 2.74. The van der Waals surface area contributed by atoms with Gasteiger partial charge in [0, 0.05) is 12.8 Å². The summed E-state index contributed by atoms with van der Waals surface area (Å²) in [4.78, 5) is 0. The molecule has 1 aromatic heterocycles. The van der Waals surface area contributed by atoms with E-state index in [1.165, 1.54) is 5.56 Å². The highest BCUT2D eigenvalue weighted by Crippen LogP contribution is 2.12. The minimum Gasteiger partial charge on any atom is -0.396 e. The first kappa shape index (κ1) is 10.9. The van der Waals surface area contributed by atoms with Gasteiger partial charge in [-0.25, -0.2) is 4.68 Å². The normalized spacial score (nSPS) is 10.6. The molecule has 0 fully saturated rings. The van der Waals surface area contributed by atoms with Gasteiger partial charge in [-0.05, 0) is 43.0 Å². The predicted molar refractivity (Wildman–Crippen MR) is 63.7 cm³/mol. The minimum absolute atomic E-state index is 0.241. The minimum atomic E-state index is 0.241. The van der Waals surface area contributed by atoms with Gasteiger partial charge in [0.05, 0.1) is 11.9 Å². The topological polar surface area (TPSA) is 38.0 Å². The maximum Gasteiger partial charge on any atom is 0.0648 e. The lowest BCUT2D eigenvalue weighted by atomic mass is 10.1. The maximum absolute atomic E-state index is 8.80. The van der Waals surface area contributed by atoms with E-state index in [4.69, 9.17) is 5.11 Å². The number of hydrogen-bond donors (Lipinski definition) is 1. The highest BCUT2D eigenvalue weighted by Gasteiger charge is 1.99. The molecule has 0 atom stereocenters. The molecular formula is C13H16N2O. The van der Waals surface area contributed by atoms with E-state index in [1.54, 1.807) is 0 Å². The molecule has 0 radical (unpaired) electrons. The zero-order valence-corrected chi connectivity index (χ0v) is 9.43. The number of hydrogen-bond acceptors (Lipinski definition) is 2. The van der Waals surface area contributed by atoms with E-state index >= 15 is 0 Å². The van der Waals surface area contributed by atoms with Crippen LogP contribution in [-0.4, -0.2) is 21.5 Å². The number of nitrogens with zero attached hydrogens (tertiary/aromatic N) is 2. The van der Waals surface area contributed by atoms with Crippen molar-refractivity contribution in [1.29, 1.82) is 0 Å². The fourth-order valence-electron chi connectivity index (χ4n) is 1.69. The lowest BCUT2D eigenvalue weighted by Gasteiger charge is -2.04. The largest absolute Gasteiger partial charge is 0.396 e. The molecule has 0 aliphatic rings. The van der Waals surface area contributed by atoms with Crippen LogP contribution >= 0.6 is 0 Å². The van der Waals surface area contributed by atoms with Crippen molar-refractivity contribution in [3.05, 3.63) is 47.8 Å². The number of aliphatic hydroxyl groups is 1. The van der Waals surface area contributed by atoms with Gasteiger partial charge in [0.2, 0.25) is 0 Å². The van der Waals surface area contributed by atoms with Gasteiger partial charge in [0.1, 0.15) is 0 Å². The molecule has 84 valence electrons. The Morgan fingerprint density at radius 3 is 2.94 bits per heavy atom. The van der Waals surface area contributed by atoms with Crippen LogP contribution in [0.5, 0.6) is 0 Å². The lowest BCUT2D eigenvalue weighted by Crippen LogP contribution is -1.96. The van der Waals surface area contributed by atoms with Crippen LogP contribution in [0.25, 0.3) is 5.69 Å². The molecule has 1 N–H and O–H groups in total. The summed E-state index contributed by atoms with van der Waals surface area (Å²) in [6.07, 6.45) is 5.57. The van der Waals surface area contributed by atoms with Crippen LogP contribution in [0.1, 0.15) is 17.5 Å². The maximum atomic E-state index is 8.80. The summed E-state index contributed by atoms with van der Waals surface area (Å²) in [6.45, 7) is 2.27. The predicted octanol–water partition coefficient (Wildman–Crippen LogP) is 2.11. The molecular weight excluding hydrogens is 200 g/mol. The fraction of sp³-hybridized carbons (Fsp3) is 0.308. The molecule has 3 heteroatoms. The molecule has 0 saturated heterocycles. The van der Waals surface area contributed by atoms with Crippen molar-refractivity contribution in [2.45, 2.75) is 19.8 Å². The van der Waals surface area contributed by atoms with Crippen molar-refractivity contribution in [3.8, 4) is 5.69 Å². The molecule has 0 bridgehead atoms. The number of rotatable bonds is 4. The second kappa shape index (κ2) is 4.94. The Kier molecular flexibility index (Phi) is 3.37. The van der Waals surface area contributed by atoms with Crippen molar-refractivity contribution in [3.63, 3.8) is 0 Å². The van der Waals surface area contributed by atoms with Crippen LogP contribution in [-0.2, 0) is 6.42 Å². The van der Waals surface area contributed by atoms with E-state index in [1.807, 2.05) is 36.1 Å². The highest BCUT2D eigenvalue weighted by atomic mass is 16.2. The van der Waals surface area contributed by atoms with Crippen LogP contribution in [0, 0.1) is 6.92 Å². The zero-order valence-electron chi connectivity index (χ0n) is 9.43. The van der Waals surface area contributed by atoms with E-state index in [2.05, 4.69) is 17.2 Å². The number of aromatic nitrogens is 2. The number of benzene rings is 1. The van der Waals surface area contributed by atoms with E-state index in [0.29, 0.717) is 0 Å². The molecule has 0 amide bonds. The third kappa shape index (κ3) is 2.49. The molecule has 0 spiro atoms. The van der Waals surface area contributed by atoms with Gasteiger partial charge in [0.15, 0.2) is 0 Å². The van der Waals surface area contributed by atoms with Crippen LogP contribution in [0.4, 0.5) is 0 Å². The second-order valence-corrected chi connectivity index (χ2v) is 3.96. The second-order valence-electron chi connectivity index (χ2n) is 3.96. The summed E-state index contributed by atoms with van der Waals surface area (Å²) in [5.41, 5.74) is 3.46. The van der Waals surface area contributed by atoms with Gasteiger partial charge in [-0.1, -0.05) is 12.1 Å². The summed E-state index contributed by atoms with van der Waals surface area (Å²) in [6, 6.07) is 8.26. The van der Waals surface area contributed by atoms with Gasteiger partial charge in [0.25, 0.3) is 0 Å². The van der Waals surface area contributed by atoms with Crippen LogP contribution in [0.3, 0.4) is 0 Å². The molecule has 16 heavy (non-hydrogen) atoms. The first-order valence-electron chi connectivity index (χ1n) is 5.51. The van der Waals surface area contributed by atoms with Crippen molar-refractivity contribution in [2.75, 3.05) is 6.61 Å². The van der Waals surface area contributed by atoms with E-state index in [-0.39, 0.29) is 6.61 Å². The standard InChI is InChI=1S/C13H16N2O/c1-11-9-14-15(10-11)13-6-2-4-12(8-13)5-3-7-16/h2,4,6,8-10,16H,3,5,7H2,1H3. The smallest absolute Gasteiger partial charge is 0.0648 e. The SMILES string of the molecule is Cc1cnn(-c2cccc(CCCO)c2)c1. The Labute approximate surface area is 95.3 Å². The third-order valence-corrected chi connectivity index (χ3v) is 2.51. The molecule has 0 aliphatic carbocycles. The van der Waals surface area contributed by atoms with Crippen LogP contribution in [0.2, 0.25) is 0 Å². The summed E-state index contributed by atoms with van der Waals surface area (Å²) in [7, 11) is 0. The molecule has 0 unspecified atom stereocenters. The molecule has 0 aliphatic heterocycles. The number of aryl methyl sites for hydroxylation is 2. The zero-order chi connectivity index (χ0) is 11.4. The lowest BCUT2D eigenvalue weighted by molar-refractivity contribution is 0.288. The van der Waals surface area contributed by atoms with E-state index < -0.39 is 0 Å². The van der Waals surface area contributed by atoms with Crippen molar-refractivity contribution in [2.24, 2.45) is 0 Å². The van der Waals surface area contributed by atoms with Gasteiger partial charge < -0.3 is 5.11 Å². The van der Waals surface area contributed by atoms with Gasteiger partial charge in [-0.15, -0.1) is 0 Å². The molecule has 1 heterocycles. The Hall–Kier alpha value is -1.61. The summed E-state index contributed by atoms with van der Waals surface area (Å²) >= 11 is 0. The van der Waals surface area contributed by atoms with Crippen LogP contribution < -0.4 is 0 Å². The average molecular weight is 216 g/mol. The van der Waals surface area contributed by atoms with Crippen molar-refractivity contribution >= 4 is 0 Å². The molecule has 0 saturated carbocycles. The van der Waals surface area contributed by atoms with Crippen LogP contribution in [0.15, 0.2) is 36.7 Å². The Morgan fingerprint density at radius 1 is 1.38 bits per heavy atom. The quantitative estimate of drug-likeness (QED) is 0.850. The fourth-order valence-corrected chi connectivity index (χ4v) is 1.69. The molecule has 2 rings (SSSR count). The first-order chi connectivity index (χ1) is 7.79. The third-order valence-electron chi connectivity index (χ3n) is 2.51. The Morgan fingerprint density at radius 2 is 2.25 bits per heavy atom. The van der Waals surface area contributed by atoms with Crippen molar-refractivity contribution < 1.29 is 5.11 Å². The molecule has 3 nitrogen and oxygen atoms in total. The van der Waals surface area contributed by atoms with Crippen molar-refractivity contribution in [1.82, 2.24) is 9.78 Å². The molecule has 2 aromatic rings. The first-order valence-corrected chi connectivity index (χ1v) is 5.51. The molecule has 1 aromatic carbocycles.